The molecule has 2 N–H and O–H groups in total. The van der Waals surface area contributed by atoms with Crippen molar-refractivity contribution in [3.8, 4) is 5.88 Å². The normalized spacial score (nSPS) is 21.0. The van der Waals surface area contributed by atoms with Crippen molar-refractivity contribution in [2.45, 2.75) is 70.4 Å². The lowest BCUT2D eigenvalue weighted by Crippen LogP contribution is -2.31. The molecule has 2 aromatic rings. The van der Waals surface area contributed by atoms with E-state index in [1.807, 2.05) is 17.3 Å². The Hall–Kier alpha value is -2.48. The molecule has 0 aromatic carbocycles. The van der Waals surface area contributed by atoms with Gasteiger partial charge in [-0.1, -0.05) is 25.3 Å². The summed E-state index contributed by atoms with van der Waals surface area (Å²) in [6, 6.07) is 4.23. The molecule has 1 saturated carbocycles. The van der Waals surface area contributed by atoms with Crippen LogP contribution in [0.1, 0.15) is 81.5 Å². The highest BCUT2D eigenvalue weighted by Crippen LogP contribution is 2.33. The molecule has 0 spiro atoms. The standard InChI is InChI=1S/C22H29N5O2S/c1-15(25-26-13-6-5-11-18(26)16-8-7-12-23-14-16)19-20(28)24-22(30)27(21(19)29)17-9-3-2-4-10-17/h7-8,12,14,17-18,29H,2-6,9-11,13H2,1H3,(H,24,28,30)/t18-/m1/s1. The maximum atomic E-state index is 12.7. The number of aromatic amines is 1. The van der Waals surface area contributed by atoms with Crippen LogP contribution in [0, 0.1) is 4.77 Å². The van der Waals surface area contributed by atoms with E-state index in [9.17, 15) is 9.90 Å². The van der Waals surface area contributed by atoms with E-state index in [-0.39, 0.29) is 33.9 Å². The second-order valence-electron chi connectivity index (χ2n) is 8.27. The third kappa shape index (κ3) is 4.19. The van der Waals surface area contributed by atoms with Crippen LogP contribution in [-0.2, 0) is 0 Å². The van der Waals surface area contributed by atoms with Gasteiger partial charge in [0.15, 0.2) is 4.77 Å². The van der Waals surface area contributed by atoms with E-state index in [0.717, 1.165) is 57.1 Å². The highest BCUT2D eigenvalue weighted by atomic mass is 32.1. The van der Waals surface area contributed by atoms with Crippen molar-refractivity contribution in [3.63, 3.8) is 0 Å². The third-order valence-corrected chi connectivity index (χ3v) is 6.54. The smallest absolute Gasteiger partial charge is 0.264 e. The fraction of sp³-hybridized carbons (Fsp3) is 0.545. The molecule has 1 aliphatic heterocycles. The zero-order valence-electron chi connectivity index (χ0n) is 17.4. The third-order valence-electron chi connectivity index (χ3n) is 6.24. The van der Waals surface area contributed by atoms with Crippen LogP contribution in [0.5, 0.6) is 5.88 Å². The van der Waals surface area contributed by atoms with Crippen LogP contribution in [0.15, 0.2) is 34.4 Å². The first-order chi connectivity index (χ1) is 14.6. The Labute approximate surface area is 181 Å². The molecule has 2 aliphatic rings. The molecule has 160 valence electrons. The summed E-state index contributed by atoms with van der Waals surface area (Å²) >= 11 is 5.39. The highest BCUT2D eigenvalue weighted by molar-refractivity contribution is 7.71. The van der Waals surface area contributed by atoms with Gasteiger partial charge >= 0.3 is 0 Å². The first kappa shape index (κ1) is 20.8. The maximum absolute atomic E-state index is 12.7. The number of nitrogens with zero attached hydrogens (tertiary/aromatic N) is 4. The minimum atomic E-state index is -0.388. The van der Waals surface area contributed by atoms with Gasteiger partial charge in [0.05, 0.1) is 11.8 Å². The zero-order valence-corrected chi connectivity index (χ0v) is 18.2. The van der Waals surface area contributed by atoms with E-state index in [4.69, 9.17) is 17.3 Å². The molecular weight excluding hydrogens is 398 g/mol. The molecule has 2 fully saturated rings. The van der Waals surface area contributed by atoms with Crippen LogP contribution in [-0.4, -0.2) is 36.9 Å². The molecule has 3 heterocycles. The van der Waals surface area contributed by atoms with Gasteiger partial charge in [0.1, 0.15) is 5.56 Å². The molecule has 2 aromatic heterocycles. The van der Waals surface area contributed by atoms with Crippen molar-refractivity contribution in [1.29, 1.82) is 0 Å². The Kier molecular flexibility index (Phi) is 6.32. The van der Waals surface area contributed by atoms with E-state index in [1.54, 1.807) is 17.7 Å². The molecule has 7 nitrogen and oxygen atoms in total. The Balaban J connectivity index is 1.71. The molecule has 8 heteroatoms. The van der Waals surface area contributed by atoms with Crippen LogP contribution in [0.2, 0.25) is 0 Å². The molecule has 1 aliphatic carbocycles. The van der Waals surface area contributed by atoms with E-state index in [1.165, 1.54) is 6.42 Å². The van der Waals surface area contributed by atoms with E-state index >= 15 is 0 Å². The topological polar surface area (TPSA) is 86.5 Å². The highest BCUT2D eigenvalue weighted by Gasteiger charge is 2.26. The summed E-state index contributed by atoms with van der Waals surface area (Å²) in [5.74, 6) is -0.0631. The van der Waals surface area contributed by atoms with Gasteiger partial charge in [0, 0.05) is 25.0 Å². The number of hydrogen-bond acceptors (Lipinski definition) is 6. The first-order valence-corrected chi connectivity index (χ1v) is 11.3. The van der Waals surface area contributed by atoms with Crippen LogP contribution >= 0.6 is 12.2 Å². The number of aromatic nitrogens is 3. The van der Waals surface area contributed by atoms with Crippen LogP contribution in [0.3, 0.4) is 0 Å². The summed E-state index contributed by atoms with van der Waals surface area (Å²) in [7, 11) is 0. The SMILES string of the molecule is CC(=NN1CCCC[C@@H]1c1cccnc1)c1c(O)n(C2CCCCC2)c(=S)[nH]c1=O. The predicted octanol–water partition coefficient (Wildman–Crippen LogP) is 4.46. The number of hydrazone groups is 1. The van der Waals surface area contributed by atoms with Crippen molar-refractivity contribution >= 4 is 17.9 Å². The molecule has 0 radical (unpaired) electrons. The number of H-pyrrole nitrogens is 1. The van der Waals surface area contributed by atoms with E-state index in [2.05, 4.69) is 16.0 Å². The molecule has 30 heavy (non-hydrogen) atoms. The van der Waals surface area contributed by atoms with Gasteiger partial charge in [-0.3, -0.25) is 24.3 Å². The number of rotatable bonds is 4. The second kappa shape index (κ2) is 9.12. The van der Waals surface area contributed by atoms with E-state index < -0.39 is 0 Å². The van der Waals surface area contributed by atoms with Crippen molar-refractivity contribution in [3.05, 3.63) is 50.8 Å². The van der Waals surface area contributed by atoms with Crippen molar-refractivity contribution in [1.82, 2.24) is 19.5 Å². The largest absolute Gasteiger partial charge is 0.494 e. The number of nitrogens with one attached hydrogen (secondary N) is 1. The molecule has 1 saturated heterocycles. The molecule has 4 rings (SSSR count). The van der Waals surface area contributed by atoms with Gasteiger partial charge < -0.3 is 5.11 Å². The first-order valence-electron chi connectivity index (χ1n) is 10.9. The lowest BCUT2D eigenvalue weighted by molar-refractivity contribution is 0.155. The second-order valence-corrected chi connectivity index (χ2v) is 8.65. The molecule has 0 bridgehead atoms. The number of hydrogen-bond donors (Lipinski definition) is 2. The van der Waals surface area contributed by atoms with Gasteiger partial charge in [-0.2, -0.15) is 5.10 Å². The average Bonchev–Trinajstić information content (AvgIpc) is 2.75. The van der Waals surface area contributed by atoms with Crippen molar-refractivity contribution in [2.24, 2.45) is 5.10 Å². The Bertz CT molecular complexity index is 1020. The van der Waals surface area contributed by atoms with Crippen LogP contribution < -0.4 is 5.56 Å². The fourth-order valence-electron chi connectivity index (χ4n) is 4.73. The minimum absolute atomic E-state index is 0.0631. The summed E-state index contributed by atoms with van der Waals surface area (Å²) in [5.41, 5.74) is 1.44. The van der Waals surface area contributed by atoms with Gasteiger partial charge in [-0.05, 0) is 62.9 Å². The average molecular weight is 428 g/mol. The van der Waals surface area contributed by atoms with Crippen LogP contribution in [0.4, 0.5) is 0 Å². The van der Waals surface area contributed by atoms with Crippen molar-refractivity contribution in [2.75, 3.05) is 6.54 Å². The number of pyridine rings is 1. The summed E-state index contributed by atoms with van der Waals surface area (Å²) in [4.78, 5) is 19.7. The Morgan fingerprint density at radius 1 is 1.23 bits per heavy atom. The summed E-state index contributed by atoms with van der Waals surface area (Å²) in [5, 5.41) is 17.9. The van der Waals surface area contributed by atoms with Gasteiger partial charge in [-0.15, -0.1) is 0 Å². The monoisotopic (exact) mass is 427 g/mol. The molecule has 0 amide bonds. The molecule has 1 atom stereocenters. The van der Waals surface area contributed by atoms with Gasteiger partial charge in [-0.25, -0.2) is 0 Å². The zero-order chi connectivity index (χ0) is 21.1. The van der Waals surface area contributed by atoms with Gasteiger partial charge in [0.25, 0.3) is 5.56 Å². The van der Waals surface area contributed by atoms with E-state index in [0.29, 0.717) is 5.71 Å². The maximum Gasteiger partial charge on any atom is 0.264 e. The number of piperidine rings is 1. The number of aromatic hydroxyl groups is 1. The lowest BCUT2D eigenvalue weighted by Gasteiger charge is -2.34. The van der Waals surface area contributed by atoms with Crippen molar-refractivity contribution < 1.29 is 5.11 Å². The molecular formula is C22H29N5O2S. The Morgan fingerprint density at radius 3 is 2.73 bits per heavy atom. The Morgan fingerprint density at radius 2 is 2.00 bits per heavy atom. The lowest BCUT2D eigenvalue weighted by atomic mass is 9.95. The van der Waals surface area contributed by atoms with Gasteiger partial charge in [0.2, 0.25) is 5.88 Å². The summed E-state index contributed by atoms with van der Waals surface area (Å²) in [6.07, 6.45) is 12.1. The quantitative estimate of drug-likeness (QED) is 0.556. The minimum Gasteiger partial charge on any atom is -0.494 e. The summed E-state index contributed by atoms with van der Waals surface area (Å²) < 4.78 is 2.01. The molecule has 0 unspecified atom stereocenters. The summed E-state index contributed by atoms with van der Waals surface area (Å²) in [6.45, 7) is 2.59. The fourth-order valence-corrected chi connectivity index (χ4v) is 5.06. The predicted molar refractivity (Wildman–Crippen MR) is 119 cm³/mol. The van der Waals surface area contributed by atoms with Crippen LogP contribution in [0.25, 0.3) is 0 Å².